The van der Waals surface area contributed by atoms with Crippen LogP contribution in [0.25, 0.3) is 11.1 Å². The molecule has 0 nitrogen and oxygen atoms in total. The number of hydrogen-bond donors (Lipinski definition) is 0. The van der Waals surface area contributed by atoms with Crippen LogP contribution < -0.4 is 0 Å². The van der Waals surface area contributed by atoms with E-state index in [4.69, 9.17) is 6.42 Å². The van der Waals surface area contributed by atoms with E-state index in [2.05, 4.69) is 93.4 Å². The van der Waals surface area contributed by atoms with Gasteiger partial charge >= 0.3 is 0 Å². The second kappa shape index (κ2) is 10.1. The fourth-order valence-corrected chi connectivity index (χ4v) is 6.71. The molecular formula is C35H40. The molecule has 0 heterocycles. The van der Waals surface area contributed by atoms with Crippen LogP contribution in [0.1, 0.15) is 92.5 Å². The Balaban J connectivity index is 1.40. The van der Waals surface area contributed by atoms with Crippen molar-refractivity contribution >= 4 is 0 Å². The molecule has 0 heteroatoms. The Morgan fingerprint density at radius 1 is 0.800 bits per heavy atom. The lowest BCUT2D eigenvalue weighted by Crippen LogP contribution is -2.18. The largest absolute Gasteiger partial charge is 0.120 e. The van der Waals surface area contributed by atoms with Crippen LogP contribution >= 0.6 is 0 Å². The lowest BCUT2D eigenvalue weighted by molar-refractivity contribution is 0.388. The highest BCUT2D eigenvalue weighted by molar-refractivity contribution is 5.66. The first-order valence-corrected chi connectivity index (χ1v) is 13.6. The van der Waals surface area contributed by atoms with Gasteiger partial charge in [0.1, 0.15) is 0 Å². The van der Waals surface area contributed by atoms with Gasteiger partial charge in [0.05, 0.1) is 0 Å². The topological polar surface area (TPSA) is 0 Å². The summed E-state index contributed by atoms with van der Waals surface area (Å²) in [6, 6.07) is 25.8. The van der Waals surface area contributed by atoms with E-state index in [1.807, 2.05) is 0 Å². The zero-order valence-electron chi connectivity index (χ0n) is 21.8. The van der Waals surface area contributed by atoms with Gasteiger partial charge in [0, 0.05) is 6.42 Å². The van der Waals surface area contributed by atoms with Crippen molar-refractivity contribution in [3.8, 4) is 23.5 Å². The third-order valence-electron chi connectivity index (χ3n) is 8.26. The zero-order valence-corrected chi connectivity index (χ0v) is 21.8. The molecule has 0 saturated heterocycles. The van der Waals surface area contributed by atoms with Crippen molar-refractivity contribution in [1.82, 2.24) is 0 Å². The van der Waals surface area contributed by atoms with Crippen LogP contribution in [-0.4, -0.2) is 0 Å². The molecule has 3 aromatic rings. The average molecular weight is 461 g/mol. The van der Waals surface area contributed by atoms with Gasteiger partial charge in [-0.2, -0.15) is 0 Å². The van der Waals surface area contributed by atoms with E-state index in [9.17, 15) is 0 Å². The van der Waals surface area contributed by atoms with E-state index >= 15 is 0 Å². The fraction of sp³-hybridized carbons (Fsp3) is 0.429. The molecule has 1 saturated carbocycles. The van der Waals surface area contributed by atoms with Gasteiger partial charge in [-0.15, -0.1) is 12.3 Å². The first kappa shape index (κ1) is 23.9. The molecule has 5 rings (SSSR count). The van der Waals surface area contributed by atoms with E-state index in [0.717, 1.165) is 37.5 Å². The van der Waals surface area contributed by atoms with Gasteiger partial charge in [-0.25, -0.2) is 0 Å². The smallest absolute Gasteiger partial charge is 0.0127 e. The van der Waals surface area contributed by atoms with Crippen LogP contribution in [0.5, 0.6) is 0 Å². The molecule has 2 aliphatic rings. The van der Waals surface area contributed by atoms with Gasteiger partial charge < -0.3 is 0 Å². The molecule has 0 spiro atoms. The predicted molar refractivity (Wildman–Crippen MR) is 150 cm³/mol. The van der Waals surface area contributed by atoms with Crippen LogP contribution in [0, 0.1) is 23.7 Å². The Morgan fingerprint density at radius 3 is 2.34 bits per heavy atom. The van der Waals surface area contributed by atoms with Crippen molar-refractivity contribution in [1.29, 1.82) is 0 Å². The molecule has 1 fully saturated rings. The zero-order chi connectivity index (χ0) is 24.4. The van der Waals surface area contributed by atoms with Gasteiger partial charge in [0.15, 0.2) is 0 Å². The Bertz CT molecular complexity index is 1220. The average Bonchev–Trinajstić information content (AvgIpc) is 3.27. The first-order valence-electron chi connectivity index (χ1n) is 13.6. The standard InChI is InChI=1S/C35H40/c1-5-6-9-25-10-7-11-26(20-25)14-18-32-30-15-16-31(22-30)33-19-17-29(23-34(32)33)28-13-8-12-27(21-28)24-35(2,3)4/h1,7-8,10-13,17,19-21,23,30-32H,6,9,14-16,18,22,24H2,2-4H3. The maximum absolute atomic E-state index is 5.49. The summed E-state index contributed by atoms with van der Waals surface area (Å²) in [4.78, 5) is 0. The summed E-state index contributed by atoms with van der Waals surface area (Å²) >= 11 is 0. The molecule has 0 amide bonds. The molecule has 0 aromatic heterocycles. The van der Waals surface area contributed by atoms with E-state index < -0.39 is 0 Å². The van der Waals surface area contributed by atoms with Crippen LogP contribution in [0.15, 0.2) is 66.7 Å². The molecule has 3 unspecified atom stereocenters. The minimum Gasteiger partial charge on any atom is -0.120 e. The van der Waals surface area contributed by atoms with Crippen molar-refractivity contribution in [3.05, 3.63) is 94.5 Å². The number of rotatable bonds is 7. The van der Waals surface area contributed by atoms with E-state index in [0.29, 0.717) is 11.3 Å². The second-order valence-corrected chi connectivity index (χ2v) is 12.2. The third kappa shape index (κ3) is 5.56. The number of fused-ring (bicyclic) bond motifs is 4. The van der Waals surface area contributed by atoms with Crippen molar-refractivity contribution in [2.75, 3.05) is 0 Å². The summed E-state index contributed by atoms with van der Waals surface area (Å²) < 4.78 is 0. The van der Waals surface area contributed by atoms with Crippen molar-refractivity contribution in [2.45, 2.75) is 84.0 Å². The molecule has 2 aliphatic carbocycles. The Kier molecular flexibility index (Phi) is 6.88. The highest BCUT2D eigenvalue weighted by Gasteiger charge is 2.39. The minimum atomic E-state index is 0.302. The molecule has 0 aliphatic heterocycles. The normalized spacial score (nSPS) is 20.9. The predicted octanol–water partition coefficient (Wildman–Crippen LogP) is 9.12. The minimum absolute atomic E-state index is 0.302. The van der Waals surface area contributed by atoms with Crippen LogP contribution in [-0.2, 0) is 19.3 Å². The molecule has 180 valence electrons. The highest BCUT2D eigenvalue weighted by Crippen LogP contribution is 2.54. The van der Waals surface area contributed by atoms with Crippen LogP contribution in [0.2, 0.25) is 0 Å². The molecule has 0 radical (unpaired) electrons. The monoisotopic (exact) mass is 460 g/mol. The van der Waals surface area contributed by atoms with Gasteiger partial charge in [0.2, 0.25) is 0 Å². The Hall–Kier alpha value is -2.78. The molecule has 2 bridgehead atoms. The van der Waals surface area contributed by atoms with E-state index in [1.54, 1.807) is 11.1 Å². The van der Waals surface area contributed by atoms with Gasteiger partial charge in [-0.1, -0.05) is 87.5 Å². The molecule has 0 N–H and O–H groups in total. The van der Waals surface area contributed by atoms with Gasteiger partial charge in [-0.3, -0.25) is 0 Å². The summed E-state index contributed by atoms with van der Waals surface area (Å²) in [5.41, 5.74) is 10.6. The Labute approximate surface area is 213 Å². The molecular weight excluding hydrogens is 420 g/mol. The Morgan fingerprint density at radius 2 is 1.54 bits per heavy atom. The summed E-state index contributed by atoms with van der Waals surface area (Å²) in [6.07, 6.45) is 15.0. The number of benzene rings is 3. The van der Waals surface area contributed by atoms with Crippen molar-refractivity contribution in [3.63, 3.8) is 0 Å². The van der Waals surface area contributed by atoms with Crippen molar-refractivity contribution in [2.24, 2.45) is 11.3 Å². The second-order valence-electron chi connectivity index (χ2n) is 12.2. The number of hydrogen-bond acceptors (Lipinski definition) is 0. The summed E-state index contributed by atoms with van der Waals surface area (Å²) in [7, 11) is 0. The fourth-order valence-electron chi connectivity index (χ4n) is 6.71. The van der Waals surface area contributed by atoms with E-state index in [1.165, 1.54) is 53.5 Å². The van der Waals surface area contributed by atoms with E-state index in [-0.39, 0.29) is 0 Å². The third-order valence-corrected chi connectivity index (χ3v) is 8.26. The summed E-state index contributed by atoms with van der Waals surface area (Å²) in [6.45, 7) is 6.97. The first-order chi connectivity index (χ1) is 16.9. The lowest BCUT2D eigenvalue weighted by Gasteiger charge is -2.32. The SMILES string of the molecule is C#CCCc1cccc(CCC2c3cc(-c4cccc(CC(C)(C)C)c4)ccc3C3CCC2C3)c1. The van der Waals surface area contributed by atoms with Crippen LogP contribution in [0.3, 0.4) is 0 Å². The summed E-state index contributed by atoms with van der Waals surface area (Å²) in [5.74, 6) is 5.08. The molecule has 35 heavy (non-hydrogen) atoms. The van der Waals surface area contributed by atoms with Crippen molar-refractivity contribution < 1.29 is 0 Å². The number of terminal acetylenes is 1. The molecule has 3 atom stereocenters. The maximum atomic E-state index is 5.49. The quantitative estimate of drug-likeness (QED) is 0.308. The lowest BCUT2D eigenvalue weighted by atomic mass is 9.72. The van der Waals surface area contributed by atoms with Crippen LogP contribution in [0.4, 0.5) is 0 Å². The molecule has 3 aromatic carbocycles. The maximum Gasteiger partial charge on any atom is 0.0127 e. The van der Waals surface area contributed by atoms with Gasteiger partial charge in [-0.05, 0) is 107 Å². The summed E-state index contributed by atoms with van der Waals surface area (Å²) in [5, 5.41) is 0. The van der Waals surface area contributed by atoms with Gasteiger partial charge in [0.25, 0.3) is 0 Å². The highest BCUT2D eigenvalue weighted by atomic mass is 14.4. The number of aryl methyl sites for hydroxylation is 2.